The molecule has 3 heterocycles. The molecule has 33 heavy (non-hydrogen) atoms. The topological polar surface area (TPSA) is 113 Å². The van der Waals surface area contributed by atoms with Crippen LogP contribution in [-0.2, 0) is 22.6 Å². The maximum Gasteiger partial charge on any atom is 0.337 e. The van der Waals surface area contributed by atoms with Crippen molar-refractivity contribution >= 4 is 29.0 Å². The van der Waals surface area contributed by atoms with Crippen LogP contribution in [0.25, 0.3) is 11.0 Å². The lowest BCUT2D eigenvalue weighted by Gasteiger charge is -2.31. The summed E-state index contributed by atoms with van der Waals surface area (Å²) in [6.45, 7) is 3.07. The second kappa shape index (κ2) is 8.62. The summed E-state index contributed by atoms with van der Waals surface area (Å²) in [6.07, 6.45) is 2.74. The molecule has 0 amide bonds. The van der Waals surface area contributed by atoms with Crippen LogP contribution in [0.2, 0.25) is 0 Å². The summed E-state index contributed by atoms with van der Waals surface area (Å²) >= 11 is 0. The zero-order valence-corrected chi connectivity index (χ0v) is 18.2. The van der Waals surface area contributed by atoms with E-state index in [1.165, 1.54) is 13.2 Å². The number of aromatic nitrogens is 2. The summed E-state index contributed by atoms with van der Waals surface area (Å²) in [7, 11) is 1.37. The number of hydrogen-bond acceptors (Lipinski definition) is 9. The minimum absolute atomic E-state index is 0.122. The third-order valence-electron chi connectivity index (χ3n) is 6.01. The van der Waals surface area contributed by atoms with Gasteiger partial charge in [-0.25, -0.2) is 9.78 Å². The van der Waals surface area contributed by atoms with Crippen molar-refractivity contribution in [3.05, 3.63) is 47.8 Å². The second-order valence-corrected chi connectivity index (χ2v) is 8.07. The molecule has 0 spiro atoms. The quantitative estimate of drug-likeness (QED) is 0.434. The standard InChI is InChI=1S/C23H25N5O5/c1-32-23(31)15-5-6-17-19(11-15)28(12-16-7-10-33-16)21(25-17)13-27-9-8-26(14-24-27)18-3-2-4-20(29)22(18)30/h2-6,11,14,16,29-30H,7-10,12-13H2,1H3/t16-/m0/s1. The maximum atomic E-state index is 12.0. The second-order valence-electron chi connectivity index (χ2n) is 8.07. The molecule has 1 fully saturated rings. The first-order valence-corrected chi connectivity index (χ1v) is 10.8. The number of anilines is 1. The van der Waals surface area contributed by atoms with Gasteiger partial charge in [-0.05, 0) is 36.8 Å². The Labute approximate surface area is 190 Å². The number of hydrazone groups is 1. The Bertz CT molecular complexity index is 1220. The van der Waals surface area contributed by atoms with Crippen LogP contribution in [0.15, 0.2) is 41.5 Å². The highest BCUT2D eigenvalue weighted by Gasteiger charge is 2.24. The van der Waals surface area contributed by atoms with Gasteiger partial charge in [0, 0.05) is 13.2 Å². The van der Waals surface area contributed by atoms with Gasteiger partial charge in [0.1, 0.15) is 12.2 Å². The fourth-order valence-electron chi connectivity index (χ4n) is 4.07. The summed E-state index contributed by atoms with van der Waals surface area (Å²) in [4.78, 5) is 18.6. The van der Waals surface area contributed by atoms with E-state index in [0.717, 1.165) is 29.9 Å². The lowest BCUT2D eigenvalue weighted by Crippen LogP contribution is -2.38. The molecule has 0 bridgehead atoms. The first-order valence-electron chi connectivity index (χ1n) is 10.8. The summed E-state index contributed by atoms with van der Waals surface area (Å²) in [5, 5.41) is 26.3. The molecule has 3 aromatic rings. The van der Waals surface area contributed by atoms with E-state index in [9.17, 15) is 15.0 Å². The van der Waals surface area contributed by atoms with Crippen molar-refractivity contribution in [2.24, 2.45) is 5.10 Å². The largest absolute Gasteiger partial charge is 0.504 e. The van der Waals surface area contributed by atoms with E-state index in [1.54, 1.807) is 29.4 Å². The number of imidazole rings is 1. The minimum atomic E-state index is -0.387. The smallest absolute Gasteiger partial charge is 0.337 e. The van der Waals surface area contributed by atoms with E-state index in [4.69, 9.17) is 14.5 Å². The Kier molecular flexibility index (Phi) is 5.51. The van der Waals surface area contributed by atoms with Crippen molar-refractivity contribution in [1.29, 1.82) is 0 Å². The third-order valence-corrected chi connectivity index (χ3v) is 6.01. The predicted octanol–water partition coefficient (Wildman–Crippen LogP) is 2.29. The number of carbonyl (C=O) groups excluding carboxylic acids is 1. The number of phenolic OH excluding ortho intramolecular Hbond substituents is 2. The number of benzene rings is 2. The number of para-hydroxylation sites is 1. The van der Waals surface area contributed by atoms with Gasteiger partial charge < -0.3 is 29.2 Å². The molecule has 5 rings (SSSR count). The van der Waals surface area contributed by atoms with Gasteiger partial charge in [-0.3, -0.25) is 5.01 Å². The SMILES string of the molecule is COC(=O)c1ccc2nc(CN3CCN(c4cccc(O)c4O)C=N3)n(C[C@@H]3CCO3)c2c1. The van der Waals surface area contributed by atoms with Crippen molar-refractivity contribution in [1.82, 2.24) is 14.6 Å². The molecular weight excluding hydrogens is 426 g/mol. The highest BCUT2D eigenvalue weighted by Crippen LogP contribution is 2.35. The highest BCUT2D eigenvalue weighted by molar-refractivity contribution is 5.93. The number of nitrogens with zero attached hydrogens (tertiary/aromatic N) is 5. The van der Waals surface area contributed by atoms with Gasteiger partial charge in [0.25, 0.3) is 0 Å². The Morgan fingerprint density at radius 3 is 2.79 bits per heavy atom. The van der Waals surface area contributed by atoms with Crippen LogP contribution >= 0.6 is 0 Å². The Hall–Kier alpha value is -3.79. The van der Waals surface area contributed by atoms with Gasteiger partial charge in [-0.15, -0.1) is 0 Å². The predicted molar refractivity (Wildman–Crippen MR) is 121 cm³/mol. The molecule has 1 saturated heterocycles. The van der Waals surface area contributed by atoms with E-state index in [1.807, 2.05) is 17.1 Å². The van der Waals surface area contributed by atoms with E-state index in [-0.39, 0.29) is 23.6 Å². The fourth-order valence-corrected chi connectivity index (χ4v) is 4.07. The molecule has 2 aromatic carbocycles. The molecule has 1 atom stereocenters. The van der Waals surface area contributed by atoms with E-state index in [2.05, 4.69) is 9.67 Å². The number of hydrogen-bond donors (Lipinski definition) is 2. The average Bonchev–Trinajstić information content (AvgIpc) is 3.14. The number of aromatic hydroxyl groups is 2. The number of carbonyl (C=O) groups is 1. The molecule has 0 radical (unpaired) electrons. The molecule has 0 saturated carbocycles. The fraction of sp³-hybridized carbons (Fsp3) is 0.348. The molecule has 0 unspecified atom stereocenters. The minimum Gasteiger partial charge on any atom is -0.504 e. The lowest BCUT2D eigenvalue weighted by atomic mass is 10.1. The number of rotatable bonds is 6. The average molecular weight is 451 g/mol. The number of esters is 1. The van der Waals surface area contributed by atoms with Crippen LogP contribution in [0, 0.1) is 0 Å². The third kappa shape index (κ3) is 4.05. The molecule has 10 nitrogen and oxygen atoms in total. The van der Waals surface area contributed by atoms with Gasteiger partial charge in [0.15, 0.2) is 11.5 Å². The molecule has 2 N–H and O–H groups in total. The number of ether oxygens (including phenoxy) is 2. The van der Waals surface area contributed by atoms with Gasteiger partial charge in [-0.1, -0.05) is 6.07 Å². The highest BCUT2D eigenvalue weighted by atomic mass is 16.5. The summed E-state index contributed by atoms with van der Waals surface area (Å²) in [6, 6.07) is 10.2. The maximum absolute atomic E-state index is 12.0. The molecule has 2 aliphatic heterocycles. The number of methoxy groups -OCH3 is 1. The first-order chi connectivity index (χ1) is 16.0. The van der Waals surface area contributed by atoms with E-state index in [0.29, 0.717) is 37.4 Å². The van der Waals surface area contributed by atoms with Crippen LogP contribution in [-0.4, -0.2) is 70.0 Å². The molecule has 2 aliphatic rings. The zero-order valence-electron chi connectivity index (χ0n) is 18.2. The zero-order chi connectivity index (χ0) is 22.9. The van der Waals surface area contributed by atoms with Crippen LogP contribution in [0.4, 0.5) is 5.69 Å². The number of phenols is 2. The molecule has 172 valence electrons. The van der Waals surface area contributed by atoms with E-state index < -0.39 is 0 Å². The summed E-state index contributed by atoms with van der Waals surface area (Å²) < 4.78 is 12.6. The van der Waals surface area contributed by atoms with Crippen molar-refractivity contribution in [2.75, 3.05) is 31.7 Å². The molecule has 10 heteroatoms. The number of fused-ring (bicyclic) bond motifs is 1. The van der Waals surface area contributed by atoms with Crippen LogP contribution in [0.5, 0.6) is 11.5 Å². The van der Waals surface area contributed by atoms with Gasteiger partial charge in [0.05, 0.1) is 55.1 Å². The molecule has 0 aliphatic carbocycles. The van der Waals surface area contributed by atoms with Crippen molar-refractivity contribution in [2.45, 2.75) is 25.6 Å². The Morgan fingerprint density at radius 2 is 2.09 bits per heavy atom. The van der Waals surface area contributed by atoms with Crippen molar-refractivity contribution in [3.8, 4) is 11.5 Å². The summed E-state index contributed by atoms with van der Waals surface area (Å²) in [5.74, 6) is 0.109. The Morgan fingerprint density at radius 1 is 1.24 bits per heavy atom. The summed E-state index contributed by atoms with van der Waals surface area (Å²) in [5.41, 5.74) is 2.63. The van der Waals surface area contributed by atoms with E-state index >= 15 is 0 Å². The Balaban J connectivity index is 1.40. The monoisotopic (exact) mass is 451 g/mol. The van der Waals surface area contributed by atoms with Gasteiger partial charge >= 0.3 is 5.97 Å². The normalized spacial score (nSPS) is 17.9. The van der Waals surface area contributed by atoms with Crippen LogP contribution in [0.1, 0.15) is 22.6 Å². The van der Waals surface area contributed by atoms with Crippen LogP contribution < -0.4 is 4.90 Å². The van der Waals surface area contributed by atoms with Crippen molar-refractivity contribution in [3.63, 3.8) is 0 Å². The van der Waals surface area contributed by atoms with Crippen LogP contribution in [0.3, 0.4) is 0 Å². The van der Waals surface area contributed by atoms with Gasteiger partial charge in [0.2, 0.25) is 0 Å². The van der Waals surface area contributed by atoms with Gasteiger partial charge in [-0.2, -0.15) is 5.10 Å². The van der Waals surface area contributed by atoms with Crippen molar-refractivity contribution < 1.29 is 24.5 Å². The molecule has 1 aromatic heterocycles. The first kappa shape index (κ1) is 21.1. The molecular formula is C23H25N5O5. The lowest BCUT2D eigenvalue weighted by molar-refractivity contribution is -0.0592.